The molecule has 166 valence electrons. The highest BCUT2D eigenvalue weighted by Crippen LogP contribution is 2.34. The highest BCUT2D eigenvalue weighted by atomic mass is 19.1. The molecule has 0 radical (unpaired) electrons. The van der Waals surface area contributed by atoms with E-state index in [1.165, 1.54) is 0 Å². The van der Waals surface area contributed by atoms with Crippen molar-refractivity contribution in [1.29, 1.82) is 5.26 Å². The minimum atomic E-state index is -0.764. The van der Waals surface area contributed by atoms with Crippen molar-refractivity contribution in [3.8, 4) is 6.07 Å². The Morgan fingerprint density at radius 2 is 1.91 bits per heavy atom. The van der Waals surface area contributed by atoms with Crippen molar-refractivity contribution < 1.29 is 18.7 Å². The Morgan fingerprint density at radius 1 is 1.19 bits per heavy atom. The molecule has 2 aromatic carbocycles. The summed E-state index contributed by atoms with van der Waals surface area (Å²) < 4.78 is 18.5. The van der Waals surface area contributed by atoms with Gasteiger partial charge in [-0.05, 0) is 62.6 Å². The van der Waals surface area contributed by atoms with Gasteiger partial charge in [0, 0.05) is 23.4 Å². The third kappa shape index (κ3) is 5.73. The summed E-state index contributed by atoms with van der Waals surface area (Å²) in [4.78, 5) is 25.5. The van der Waals surface area contributed by atoms with Crippen LogP contribution < -0.4 is 10.6 Å². The first kappa shape index (κ1) is 23.0. The highest BCUT2D eigenvalue weighted by molar-refractivity contribution is 6.01. The minimum absolute atomic E-state index is 0.0976. The molecule has 6 nitrogen and oxygen atoms in total. The van der Waals surface area contributed by atoms with Gasteiger partial charge < -0.3 is 15.4 Å². The molecule has 0 heterocycles. The standard InChI is InChI=1S/C25H26FN3O3/c1-25(2,3)32-24(31)29-23(18-9-7-16(15-27)8-10-18)22-20(11-12-21(22)30)28-19-6-4-5-17(13-19)14-26/h4-10,13,23,28H,11-12,14H2,1-3H3,(H,29,31). The fraction of sp³-hybridized carbons (Fsp3) is 0.320. The first-order valence-electron chi connectivity index (χ1n) is 10.4. The normalized spacial score (nSPS) is 14.7. The number of nitriles is 1. The van der Waals surface area contributed by atoms with E-state index in [2.05, 4.69) is 16.7 Å². The highest BCUT2D eigenvalue weighted by Gasteiger charge is 2.33. The monoisotopic (exact) mass is 435 g/mol. The van der Waals surface area contributed by atoms with E-state index in [0.29, 0.717) is 46.5 Å². The third-order valence-corrected chi connectivity index (χ3v) is 4.93. The van der Waals surface area contributed by atoms with Gasteiger partial charge in [0.25, 0.3) is 0 Å². The molecule has 3 rings (SSSR count). The number of carbonyl (C=O) groups excluding carboxylic acids is 2. The summed E-state index contributed by atoms with van der Waals surface area (Å²) in [6, 6.07) is 14.9. The van der Waals surface area contributed by atoms with Crippen LogP contribution in [0, 0.1) is 11.3 Å². The van der Waals surface area contributed by atoms with Crippen molar-refractivity contribution in [2.75, 3.05) is 5.32 Å². The molecule has 32 heavy (non-hydrogen) atoms. The molecule has 0 aliphatic heterocycles. The number of alkyl halides is 1. The quantitative estimate of drug-likeness (QED) is 0.641. The van der Waals surface area contributed by atoms with Crippen molar-refractivity contribution in [1.82, 2.24) is 5.32 Å². The molecule has 7 heteroatoms. The second-order valence-electron chi connectivity index (χ2n) is 8.59. The van der Waals surface area contributed by atoms with Crippen molar-refractivity contribution in [3.05, 3.63) is 76.5 Å². The molecule has 0 aromatic heterocycles. The van der Waals surface area contributed by atoms with Crippen molar-refractivity contribution in [3.63, 3.8) is 0 Å². The lowest BCUT2D eigenvalue weighted by molar-refractivity contribution is -0.115. The Morgan fingerprint density at radius 3 is 2.53 bits per heavy atom. The van der Waals surface area contributed by atoms with E-state index in [4.69, 9.17) is 10.00 Å². The number of amides is 1. The van der Waals surface area contributed by atoms with Gasteiger partial charge in [-0.2, -0.15) is 5.26 Å². The van der Waals surface area contributed by atoms with Crippen molar-refractivity contribution in [2.24, 2.45) is 0 Å². The first-order chi connectivity index (χ1) is 15.2. The van der Waals surface area contributed by atoms with Gasteiger partial charge in [0.15, 0.2) is 5.78 Å². The first-order valence-corrected chi connectivity index (χ1v) is 10.4. The van der Waals surface area contributed by atoms with Gasteiger partial charge in [-0.15, -0.1) is 0 Å². The summed E-state index contributed by atoms with van der Waals surface area (Å²) in [6.07, 6.45) is 0.109. The number of alkyl carbamates (subject to hydrolysis) is 1. The Kier molecular flexibility index (Phi) is 6.94. The molecule has 1 atom stereocenters. The van der Waals surface area contributed by atoms with E-state index in [0.717, 1.165) is 0 Å². The molecule has 1 aliphatic carbocycles. The lowest BCUT2D eigenvalue weighted by Crippen LogP contribution is -2.36. The number of Topliss-reactive ketones (excluding diaryl/α,β-unsaturated/α-hetero) is 1. The fourth-order valence-electron chi connectivity index (χ4n) is 3.55. The minimum Gasteiger partial charge on any atom is -0.444 e. The number of allylic oxidation sites excluding steroid dienone is 1. The topological polar surface area (TPSA) is 91.2 Å². The van der Waals surface area contributed by atoms with Gasteiger partial charge in [0.05, 0.1) is 17.7 Å². The average Bonchev–Trinajstić information content (AvgIpc) is 3.10. The second kappa shape index (κ2) is 9.65. The summed E-state index contributed by atoms with van der Waals surface area (Å²) >= 11 is 0. The number of hydrogen-bond acceptors (Lipinski definition) is 5. The maximum Gasteiger partial charge on any atom is 0.408 e. The van der Waals surface area contributed by atoms with Crippen LogP contribution >= 0.6 is 0 Å². The van der Waals surface area contributed by atoms with E-state index >= 15 is 0 Å². The molecule has 0 saturated heterocycles. The van der Waals surface area contributed by atoms with Gasteiger partial charge in [-0.25, -0.2) is 9.18 Å². The van der Waals surface area contributed by atoms with Crippen molar-refractivity contribution in [2.45, 2.75) is 51.9 Å². The van der Waals surface area contributed by atoms with Crippen molar-refractivity contribution >= 4 is 17.6 Å². The summed E-state index contributed by atoms with van der Waals surface area (Å²) in [5.74, 6) is -0.0976. The Labute approximate surface area is 187 Å². The molecular weight excluding hydrogens is 409 g/mol. The molecule has 0 spiro atoms. The molecule has 0 bridgehead atoms. The number of anilines is 1. The maximum absolute atomic E-state index is 13.1. The number of halogens is 1. The lowest BCUT2D eigenvalue weighted by Gasteiger charge is -2.25. The van der Waals surface area contributed by atoms with Crippen LogP contribution in [0.5, 0.6) is 0 Å². The van der Waals surface area contributed by atoms with E-state index in [9.17, 15) is 14.0 Å². The molecule has 1 amide bonds. The number of benzene rings is 2. The second-order valence-corrected chi connectivity index (χ2v) is 8.59. The third-order valence-electron chi connectivity index (χ3n) is 4.93. The van der Waals surface area contributed by atoms with E-state index in [1.54, 1.807) is 69.3 Å². The number of hydrogen-bond donors (Lipinski definition) is 2. The molecule has 1 unspecified atom stereocenters. The van der Waals surface area contributed by atoms with Gasteiger partial charge in [0.2, 0.25) is 0 Å². The number of nitrogens with zero attached hydrogens (tertiary/aromatic N) is 1. The van der Waals surface area contributed by atoms with Gasteiger partial charge in [-0.1, -0.05) is 24.3 Å². The van der Waals surface area contributed by atoms with Crippen LogP contribution in [0.15, 0.2) is 59.8 Å². The zero-order valence-electron chi connectivity index (χ0n) is 18.4. The molecule has 2 N–H and O–H groups in total. The Hall–Kier alpha value is -3.66. The van der Waals surface area contributed by atoms with Crippen LogP contribution in [-0.4, -0.2) is 17.5 Å². The predicted octanol–water partition coefficient (Wildman–Crippen LogP) is 5.32. The van der Waals surface area contributed by atoms with E-state index in [-0.39, 0.29) is 5.78 Å². The Bertz CT molecular complexity index is 1080. The van der Waals surface area contributed by atoms with Crippen LogP contribution in [0.2, 0.25) is 0 Å². The predicted molar refractivity (Wildman–Crippen MR) is 119 cm³/mol. The number of ketones is 1. The maximum atomic E-state index is 13.1. The lowest BCUT2D eigenvalue weighted by atomic mass is 9.95. The number of rotatable bonds is 6. The SMILES string of the molecule is CC(C)(C)OC(=O)NC(C1=C(Nc2cccc(CF)c2)CCC1=O)c1ccc(C#N)cc1. The van der Waals surface area contributed by atoms with Crippen LogP contribution in [0.1, 0.15) is 56.3 Å². The van der Waals surface area contributed by atoms with Gasteiger partial charge in [-0.3, -0.25) is 4.79 Å². The van der Waals surface area contributed by atoms with E-state index in [1.807, 2.05) is 0 Å². The molecule has 1 aliphatic rings. The molecule has 0 fully saturated rings. The Balaban J connectivity index is 2.00. The zero-order chi connectivity index (χ0) is 23.3. The number of carbonyl (C=O) groups is 2. The summed E-state index contributed by atoms with van der Waals surface area (Å²) in [5, 5.41) is 15.2. The largest absolute Gasteiger partial charge is 0.444 e. The number of nitrogens with one attached hydrogen (secondary N) is 2. The van der Waals surface area contributed by atoms with Crippen LogP contribution in [0.4, 0.5) is 14.9 Å². The summed E-state index contributed by atoms with van der Waals surface area (Å²) in [6.45, 7) is 4.69. The number of ether oxygens (including phenoxy) is 1. The summed E-state index contributed by atoms with van der Waals surface area (Å²) in [5.41, 5.74) is 2.69. The molecule has 0 saturated carbocycles. The molecular formula is C25H26FN3O3. The average molecular weight is 435 g/mol. The summed E-state index contributed by atoms with van der Waals surface area (Å²) in [7, 11) is 0. The van der Waals surface area contributed by atoms with Gasteiger partial charge >= 0.3 is 6.09 Å². The van der Waals surface area contributed by atoms with E-state index < -0.39 is 24.4 Å². The molecule has 2 aromatic rings. The fourth-order valence-corrected chi connectivity index (χ4v) is 3.55. The van der Waals surface area contributed by atoms with Crippen LogP contribution in [0.25, 0.3) is 0 Å². The smallest absolute Gasteiger partial charge is 0.408 e. The van der Waals surface area contributed by atoms with Crippen LogP contribution in [-0.2, 0) is 16.2 Å². The van der Waals surface area contributed by atoms with Crippen LogP contribution in [0.3, 0.4) is 0 Å². The zero-order valence-corrected chi connectivity index (χ0v) is 18.4. The van der Waals surface area contributed by atoms with Gasteiger partial charge in [0.1, 0.15) is 12.3 Å².